The van der Waals surface area contributed by atoms with Crippen LogP contribution >= 0.6 is 0 Å². The minimum absolute atomic E-state index is 0.285. The van der Waals surface area contributed by atoms with E-state index in [9.17, 15) is 4.79 Å². The van der Waals surface area contributed by atoms with Gasteiger partial charge in [0.25, 0.3) is 0 Å². The van der Waals surface area contributed by atoms with Crippen LogP contribution in [-0.4, -0.2) is 44.0 Å². The van der Waals surface area contributed by atoms with Crippen molar-refractivity contribution in [3.8, 4) is 0 Å². The largest absolute Gasteiger partial charge is 0.478 e. The molecule has 0 saturated heterocycles. The van der Waals surface area contributed by atoms with Gasteiger partial charge in [-0.25, -0.2) is 4.79 Å². The maximum atomic E-state index is 10.7. The Morgan fingerprint density at radius 1 is 1.08 bits per heavy atom. The van der Waals surface area contributed by atoms with Gasteiger partial charge in [-0.3, -0.25) is 0 Å². The lowest BCUT2D eigenvalue weighted by Gasteiger charge is -2.08. The van der Waals surface area contributed by atoms with Crippen LogP contribution in [0.5, 0.6) is 0 Å². The predicted octanol–water partition coefficient (Wildman–Crippen LogP) is 3.93. The molecule has 0 fully saturated rings. The van der Waals surface area contributed by atoms with Gasteiger partial charge in [0.05, 0.1) is 13.2 Å². The molecule has 0 aliphatic rings. The number of rotatable bonds is 14. The molecule has 140 valence electrons. The van der Waals surface area contributed by atoms with Gasteiger partial charge in [-0.2, -0.15) is 0 Å². The monoisotopic (exact) mass is 341 g/mol. The van der Waals surface area contributed by atoms with Crippen molar-refractivity contribution in [3.63, 3.8) is 0 Å². The summed E-state index contributed by atoms with van der Waals surface area (Å²) >= 11 is 0. The van der Waals surface area contributed by atoms with Gasteiger partial charge in [0.2, 0.25) is 0 Å². The zero-order valence-corrected chi connectivity index (χ0v) is 15.8. The van der Waals surface area contributed by atoms with Crippen LogP contribution in [0.3, 0.4) is 0 Å². The third kappa shape index (κ3) is 16.8. The Morgan fingerprint density at radius 2 is 1.67 bits per heavy atom. The number of carboxylic acid groups (broad SMARTS) is 1. The second-order valence-corrected chi connectivity index (χ2v) is 4.84. The Labute approximate surface area is 147 Å². The molecule has 0 unspecified atom stereocenters. The number of hydrogen-bond donors (Lipinski definition) is 2. The zero-order chi connectivity index (χ0) is 18.6. The fourth-order valence-corrected chi connectivity index (χ4v) is 1.46. The van der Waals surface area contributed by atoms with E-state index in [0.29, 0.717) is 19.8 Å². The van der Waals surface area contributed by atoms with Gasteiger partial charge in [0.15, 0.2) is 0 Å². The SMILES string of the molecule is C=C/C(=C\C=C(/C)C(=O)O)NCCCOCCOCCCC.CC. The molecule has 0 spiro atoms. The molecular weight excluding hydrogens is 306 g/mol. The smallest absolute Gasteiger partial charge is 0.331 e. The molecule has 5 nitrogen and oxygen atoms in total. The van der Waals surface area contributed by atoms with Crippen molar-refractivity contribution in [1.29, 1.82) is 0 Å². The summed E-state index contributed by atoms with van der Waals surface area (Å²) < 4.78 is 10.9. The van der Waals surface area contributed by atoms with E-state index in [1.54, 1.807) is 25.2 Å². The second kappa shape index (κ2) is 19.5. The van der Waals surface area contributed by atoms with Gasteiger partial charge >= 0.3 is 5.97 Å². The number of hydrogen-bond acceptors (Lipinski definition) is 4. The molecular formula is C19H35NO4. The highest BCUT2D eigenvalue weighted by atomic mass is 16.5. The number of carbonyl (C=O) groups is 1. The standard InChI is InChI=1S/C17H29NO4.C2H6/c1-4-6-11-21-13-14-22-12-7-10-18-16(5-2)9-8-15(3)17(19)20;1-2/h5,8-9,18H,2,4,6-7,10-14H2,1,3H3,(H,19,20);1-2H3/b15-8+,16-9+;. The van der Waals surface area contributed by atoms with Crippen molar-refractivity contribution in [2.75, 3.05) is 33.0 Å². The molecule has 0 heterocycles. The highest BCUT2D eigenvalue weighted by Gasteiger charge is 1.97. The van der Waals surface area contributed by atoms with Crippen LogP contribution in [0, 0.1) is 0 Å². The van der Waals surface area contributed by atoms with Crippen molar-refractivity contribution in [3.05, 3.63) is 36.1 Å². The fourth-order valence-electron chi connectivity index (χ4n) is 1.46. The van der Waals surface area contributed by atoms with Crippen LogP contribution in [0.2, 0.25) is 0 Å². The molecule has 0 aromatic carbocycles. The van der Waals surface area contributed by atoms with Crippen molar-refractivity contribution in [2.45, 2.75) is 47.0 Å². The normalized spacial score (nSPS) is 11.5. The fraction of sp³-hybridized carbons (Fsp3) is 0.632. The first-order valence-electron chi connectivity index (χ1n) is 8.75. The molecule has 0 atom stereocenters. The third-order valence-corrected chi connectivity index (χ3v) is 2.88. The lowest BCUT2D eigenvalue weighted by Crippen LogP contribution is -2.16. The summed E-state index contributed by atoms with van der Waals surface area (Å²) in [5, 5.41) is 11.9. The summed E-state index contributed by atoms with van der Waals surface area (Å²) in [4.78, 5) is 10.7. The summed E-state index contributed by atoms with van der Waals surface area (Å²) in [5.74, 6) is -0.922. The summed E-state index contributed by atoms with van der Waals surface area (Å²) in [6.45, 7) is 14.9. The molecule has 0 radical (unpaired) electrons. The van der Waals surface area contributed by atoms with Gasteiger partial charge in [-0.15, -0.1) is 0 Å². The summed E-state index contributed by atoms with van der Waals surface area (Å²) in [5.41, 5.74) is 1.08. The molecule has 0 aromatic rings. The summed E-state index contributed by atoms with van der Waals surface area (Å²) in [6, 6.07) is 0. The molecule has 0 aliphatic carbocycles. The first-order valence-corrected chi connectivity index (χ1v) is 8.75. The Kier molecular flexibility index (Phi) is 20.0. The van der Waals surface area contributed by atoms with E-state index in [2.05, 4.69) is 18.8 Å². The number of allylic oxidation sites excluding steroid dienone is 3. The molecule has 0 saturated carbocycles. The van der Waals surface area contributed by atoms with Crippen molar-refractivity contribution < 1.29 is 19.4 Å². The van der Waals surface area contributed by atoms with Crippen LogP contribution in [-0.2, 0) is 14.3 Å². The maximum Gasteiger partial charge on any atom is 0.331 e. The number of carboxylic acids is 1. The lowest BCUT2D eigenvalue weighted by molar-refractivity contribution is -0.132. The van der Waals surface area contributed by atoms with Gasteiger partial charge in [0, 0.05) is 31.0 Å². The van der Waals surface area contributed by atoms with Gasteiger partial charge in [-0.05, 0) is 31.9 Å². The molecule has 0 rings (SSSR count). The first-order chi connectivity index (χ1) is 11.6. The highest BCUT2D eigenvalue weighted by molar-refractivity contribution is 5.86. The highest BCUT2D eigenvalue weighted by Crippen LogP contribution is 1.97. The molecule has 24 heavy (non-hydrogen) atoms. The zero-order valence-electron chi connectivity index (χ0n) is 15.8. The van der Waals surface area contributed by atoms with E-state index in [1.807, 2.05) is 13.8 Å². The number of nitrogens with one attached hydrogen (secondary N) is 1. The minimum Gasteiger partial charge on any atom is -0.478 e. The Bertz CT molecular complexity index is 376. The Morgan fingerprint density at radius 3 is 2.17 bits per heavy atom. The molecule has 2 N–H and O–H groups in total. The number of aliphatic carboxylic acids is 1. The van der Waals surface area contributed by atoms with Gasteiger partial charge in [-0.1, -0.05) is 39.8 Å². The van der Waals surface area contributed by atoms with E-state index >= 15 is 0 Å². The van der Waals surface area contributed by atoms with E-state index < -0.39 is 5.97 Å². The van der Waals surface area contributed by atoms with Gasteiger partial charge < -0.3 is 19.9 Å². The van der Waals surface area contributed by atoms with Gasteiger partial charge in [0.1, 0.15) is 0 Å². The van der Waals surface area contributed by atoms with Crippen LogP contribution in [0.15, 0.2) is 36.1 Å². The van der Waals surface area contributed by atoms with Crippen LogP contribution in [0.4, 0.5) is 0 Å². The quantitative estimate of drug-likeness (QED) is 0.285. The van der Waals surface area contributed by atoms with E-state index in [0.717, 1.165) is 38.1 Å². The third-order valence-electron chi connectivity index (χ3n) is 2.88. The molecule has 0 aromatic heterocycles. The van der Waals surface area contributed by atoms with Crippen LogP contribution in [0.1, 0.15) is 47.0 Å². The average Bonchev–Trinajstić information content (AvgIpc) is 2.60. The molecule has 0 bridgehead atoms. The summed E-state index contributed by atoms with van der Waals surface area (Å²) in [6.07, 6.45) is 8.02. The minimum atomic E-state index is -0.922. The predicted molar refractivity (Wildman–Crippen MR) is 100 cm³/mol. The van der Waals surface area contributed by atoms with E-state index in [-0.39, 0.29) is 5.57 Å². The second-order valence-electron chi connectivity index (χ2n) is 4.84. The Balaban J connectivity index is 0. The average molecular weight is 341 g/mol. The molecule has 5 heteroatoms. The van der Waals surface area contributed by atoms with E-state index in [4.69, 9.17) is 14.6 Å². The van der Waals surface area contributed by atoms with Crippen molar-refractivity contribution >= 4 is 5.97 Å². The lowest BCUT2D eigenvalue weighted by atomic mass is 10.2. The Hall–Kier alpha value is -1.59. The number of unbranched alkanes of at least 4 members (excludes halogenated alkanes) is 1. The molecule has 0 amide bonds. The van der Waals surface area contributed by atoms with E-state index in [1.165, 1.54) is 0 Å². The van der Waals surface area contributed by atoms with Crippen LogP contribution in [0.25, 0.3) is 0 Å². The van der Waals surface area contributed by atoms with Crippen molar-refractivity contribution in [1.82, 2.24) is 5.32 Å². The first kappa shape index (κ1) is 24.7. The number of ether oxygens (including phenoxy) is 2. The van der Waals surface area contributed by atoms with Crippen molar-refractivity contribution in [2.24, 2.45) is 0 Å². The van der Waals surface area contributed by atoms with Crippen LogP contribution < -0.4 is 5.32 Å². The summed E-state index contributed by atoms with van der Waals surface area (Å²) in [7, 11) is 0. The maximum absolute atomic E-state index is 10.7. The molecule has 0 aliphatic heterocycles. The topological polar surface area (TPSA) is 67.8 Å².